The molecule has 5 nitrogen and oxygen atoms in total. The van der Waals surface area contributed by atoms with Gasteiger partial charge in [-0.25, -0.2) is 5.43 Å². The number of nitrogens with one attached hydrogen (secondary N) is 1. The molecule has 0 bridgehead atoms. The Morgan fingerprint density at radius 3 is 2.84 bits per heavy atom. The molecule has 4 rings (SSSR count). The van der Waals surface area contributed by atoms with Crippen molar-refractivity contribution in [1.29, 1.82) is 0 Å². The second-order valence-electron chi connectivity index (χ2n) is 8.92. The van der Waals surface area contributed by atoms with Crippen LogP contribution in [0.25, 0.3) is 11.0 Å². The Kier molecular flexibility index (Phi) is 5.56. The fourth-order valence-corrected chi connectivity index (χ4v) is 4.91. The van der Waals surface area contributed by atoms with E-state index in [-0.39, 0.29) is 11.3 Å². The number of nitrogens with zero attached hydrogens (tertiary/aromatic N) is 2. The van der Waals surface area contributed by atoms with Crippen LogP contribution in [-0.2, 0) is 0 Å². The summed E-state index contributed by atoms with van der Waals surface area (Å²) in [6, 6.07) is 11.3. The highest BCUT2D eigenvalue weighted by Crippen LogP contribution is 2.44. The molecule has 1 amide bonds. The van der Waals surface area contributed by atoms with Crippen molar-refractivity contribution in [3.05, 3.63) is 63.9 Å². The monoisotopic (exact) mass is 437 g/mol. The number of carbonyl (C=O) groups is 1. The maximum atomic E-state index is 12.5. The number of aryl methyl sites for hydroxylation is 1. The normalized spacial score (nSPS) is 17.9. The van der Waals surface area contributed by atoms with Crippen molar-refractivity contribution in [2.24, 2.45) is 5.10 Å². The van der Waals surface area contributed by atoms with Crippen LogP contribution in [0.5, 0.6) is 0 Å². The Labute approximate surface area is 188 Å². The van der Waals surface area contributed by atoms with Crippen LogP contribution < -0.4 is 10.3 Å². The number of fused-ring (bicyclic) bond motifs is 2. The van der Waals surface area contributed by atoms with Gasteiger partial charge >= 0.3 is 5.91 Å². The molecular formula is C25H28ClN3O2. The molecule has 1 N–H and O–H groups in total. The van der Waals surface area contributed by atoms with Crippen LogP contribution in [-0.4, -0.2) is 24.2 Å². The zero-order valence-corrected chi connectivity index (χ0v) is 19.4. The first kappa shape index (κ1) is 21.4. The number of rotatable bonds is 4. The van der Waals surface area contributed by atoms with Gasteiger partial charge in [-0.15, -0.1) is 0 Å². The summed E-state index contributed by atoms with van der Waals surface area (Å²) in [6.07, 6.45) is 2.80. The molecule has 2 aromatic carbocycles. The molecule has 0 unspecified atom stereocenters. The first-order valence-corrected chi connectivity index (χ1v) is 11.0. The molecule has 0 saturated carbocycles. The Hall–Kier alpha value is -2.79. The van der Waals surface area contributed by atoms with Gasteiger partial charge in [0.25, 0.3) is 0 Å². The molecule has 0 fully saturated rings. The van der Waals surface area contributed by atoms with Crippen LogP contribution in [0.3, 0.4) is 0 Å². The zero-order chi connectivity index (χ0) is 22.3. The Morgan fingerprint density at radius 2 is 2.10 bits per heavy atom. The van der Waals surface area contributed by atoms with E-state index >= 15 is 0 Å². The maximum Gasteiger partial charge on any atom is 0.307 e. The van der Waals surface area contributed by atoms with E-state index in [1.54, 1.807) is 30.5 Å². The first-order chi connectivity index (χ1) is 14.7. The first-order valence-electron chi connectivity index (χ1n) is 10.6. The van der Waals surface area contributed by atoms with Gasteiger partial charge < -0.3 is 9.32 Å². The Bertz CT molecular complexity index is 1180. The van der Waals surface area contributed by atoms with Crippen LogP contribution >= 0.6 is 11.6 Å². The highest BCUT2D eigenvalue weighted by molar-refractivity contribution is 6.31. The van der Waals surface area contributed by atoms with Gasteiger partial charge in [-0.1, -0.05) is 18.5 Å². The highest BCUT2D eigenvalue weighted by Gasteiger charge is 2.35. The van der Waals surface area contributed by atoms with Crippen LogP contribution in [0.15, 0.2) is 45.9 Å². The van der Waals surface area contributed by atoms with Gasteiger partial charge in [0.1, 0.15) is 5.58 Å². The molecular weight excluding hydrogens is 410 g/mol. The average Bonchev–Trinajstić information content (AvgIpc) is 3.11. The summed E-state index contributed by atoms with van der Waals surface area (Å²) in [4.78, 5) is 14.9. The molecule has 31 heavy (non-hydrogen) atoms. The lowest BCUT2D eigenvalue weighted by atomic mass is 9.79. The fourth-order valence-electron chi connectivity index (χ4n) is 4.73. The molecule has 0 radical (unpaired) electrons. The van der Waals surface area contributed by atoms with E-state index in [1.165, 1.54) is 11.3 Å². The summed E-state index contributed by atoms with van der Waals surface area (Å²) in [5.41, 5.74) is 8.06. The maximum absolute atomic E-state index is 12.5. The topological polar surface area (TPSA) is 57.8 Å². The van der Waals surface area contributed by atoms with E-state index in [9.17, 15) is 4.79 Å². The number of furan rings is 1. The molecule has 162 valence electrons. The lowest BCUT2D eigenvalue weighted by Crippen LogP contribution is -2.48. The largest absolute Gasteiger partial charge is 0.451 e. The second-order valence-corrected chi connectivity index (χ2v) is 9.36. The standard InChI is InChI=1S/C25H28ClN3O2/c1-6-29-21-9-15(2)18(11-20(21)16(3)13-25(29,4)5)14-27-28-24(30)23-12-17-10-19(26)7-8-22(17)31-23/h7-12,14,16H,6,13H2,1-5H3,(H,28,30)/b27-14-/t16-/m0/s1. The summed E-state index contributed by atoms with van der Waals surface area (Å²) in [6.45, 7) is 12.1. The SMILES string of the molecule is CCN1c2cc(C)c(/C=N\NC(=O)c3cc4cc(Cl)ccc4o3)cc2[C@@H](C)CC1(C)C. The minimum absolute atomic E-state index is 0.133. The zero-order valence-electron chi connectivity index (χ0n) is 18.6. The number of anilines is 1. The summed E-state index contributed by atoms with van der Waals surface area (Å²) in [5.74, 6) is 0.259. The summed E-state index contributed by atoms with van der Waals surface area (Å²) in [5, 5.41) is 5.56. The molecule has 0 saturated heterocycles. The quantitative estimate of drug-likeness (QED) is 0.386. The Morgan fingerprint density at radius 1 is 1.32 bits per heavy atom. The number of hydrogen-bond acceptors (Lipinski definition) is 4. The van der Waals surface area contributed by atoms with Crippen molar-refractivity contribution < 1.29 is 9.21 Å². The molecule has 6 heteroatoms. The van der Waals surface area contributed by atoms with Crippen molar-refractivity contribution in [3.8, 4) is 0 Å². The van der Waals surface area contributed by atoms with Gasteiger partial charge in [0.2, 0.25) is 0 Å². The van der Waals surface area contributed by atoms with E-state index in [2.05, 4.69) is 62.2 Å². The number of amides is 1. The minimum Gasteiger partial charge on any atom is -0.451 e. The molecule has 0 aliphatic carbocycles. The van der Waals surface area contributed by atoms with Crippen molar-refractivity contribution in [2.75, 3.05) is 11.4 Å². The van der Waals surface area contributed by atoms with Gasteiger partial charge in [-0.3, -0.25) is 4.79 Å². The Balaban J connectivity index is 1.55. The van der Waals surface area contributed by atoms with Crippen molar-refractivity contribution >= 4 is 40.4 Å². The molecule has 1 atom stereocenters. The lowest BCUT2D eigenvalue weighted by Gasteiger charge is -2.47. The third-order valence-electron chi connectivity index (χ3n) is 6.16. The van der Waals surface area contributed by atoms with Crippen LogP contribution in [0, 0.1) is 6.92 Å². The highest BCUT2D eigenvalue weighted by atomic mass is 35.5. The van der Waals surface area contributed by atoms with Crippen LogP contribution in [0.4, 0.5) is 5.69 Å². The van der Waals surface area contributed by atoms with E-state index in [0.717, 1.165) is 29.5 Å². The summed E-state index contributed by atoms with van der Waals surface area (Å²) >= 11 is 6.00. The van der Waals surface area contributed by atoms with Crippen LogP contribution in [0.1, 0.15) is 67.3 Å². The second kappa shape index (κ2) is 8.04. The van der Waals surface area contributed by atoms with Gasteiger partial charge in [0.15, 0.2) is 5.76 Å². The molecule has 1 aliphatic rings. The van der Waals surface area contributed by atoms with Crippen molar-refractivity contribution in [2.45, 2.75) is 52.5 Å². The smallest absolute Gasteiger partial charge is 0.307 e. The number of hydrogen-bond donors (Lipinski definition) is 1. The third-order valence-corrected chi connectivity index (χ3v) is 6.40. The molecule has 1 aliphatic heterocycles. The predicted molar refractivity (Wildman–Crippen MR) is 128 cm³/mol. The molecule has 1 aromatic heterocycles. The number of hydrazone groups is 1. The number of benzene rings is 2. The average molecular weight is 438 g/mol. The van der Waals surface area contributed by atoms with Gasteiger partial charge in [-0.05, 0) is 93.1 Å². The van der Waals surface area contributed by atoms with Gasteiger partial charge in [0, 0.05) is 28.2 Å². The summed E-state index contributed by atoms with van der Waals surface area (Å²) in [7, 11) is 0. The van der Waals surface area contributed by atoms with Gasteiger partial charge in [0.05, 0.1) is 6.21 Å². The van der Waals surface area contributed by atoms with E-state index < -0.39 is 5.91 Å². The van der Waals surface area contributed by atoms with E-state index in [4.69, 9.17) is 16.0 Å². The third kappa shape index (κ3) is 4.07. The molecule has 3 aromatic rings. The van der Waals surface area contributed by atoms with E-state index in [0.29, 0.717) is 16.5 Å². The number of carbonyl (C=O) groups excluding carboxylic acids is 1. The predicted octanol–water partition coefficient (Wildman–Crippen LogP) is 6.27. The summed E-state index contributed by atoms with van der Waals surface area (Å²) < 4.78 is 5.59. The van der Waals surface area contributed by atoms with E-state index in [1.807, 2.05) is 0 Å². The molecule has 0 spiro atoms. The molecule has 2 heterocycles. The minimum atomic E-state index is -0.397. The fraction of sp³-hybridized carbons (Fsp3) is 0.360. The lowest BCUT2D eigenvalue weighted by molar-refractivity contribution is 0.0929. The van der Waals surface area contributed by atoms with Crippen LogP contribution in [0.2, 0.25) is 5.02 Å². The van der Waals surface area contributed by atoms with Crippen molar-refractivity contribution in [3.63, 3.8) is 0 Å². The number of halogens is 1. The van der Waals surface area contributed by atoms with Crippen molar-refractivity contribution in [1.82, 2.24) is 5.43 Å². The van der Waals surface area contributed by atoms with Gasteiger partial charge in [-0.2, -0.15) is 5.10 Å².